The Morgan fingerprint density at radius 1 is 1.19 bits per heavy atom. The van der Waals surface area contributed by atoms with Crippen molar-refractivity contribution in [2.45, 2.75) is 26.2 Å². The molecule has 1 aromatic heterocycles. The zero-order chi connectivity index (χ0) is 18.1. The van der Waals surface area contributed by atoms with Crippen LogP contribution in [0.25, 0.3) is 10.1 Å². The van der Waals surface area contributed by atoms with Gasteiger partial charge in [0.05, 0.1) is 4.88 Å². The van der Waals surface area contributed by atoms with E-state index in [9.17, 15) is 9.90 Å². The van der Waals surface area contributed by atoms with Gasteiger partial charge in [-0.3, -0.25) is 4.79 Å². The molecule has 0 radical (unpaired) electrons. The van der Waals surface area contributed by atoms with E-state index in [4.69, 9.17) is 0 Å². The molecule has 3 heterocycles. The first-order chi connectivity index (χ1) is 12.7. The zero-order valence-electron chi connectivity index (χ0n) is 15.5. The number of hydrogen-bond acceptors (Lipinski definition) is 4. The van der Waals surface area contributed by atoms with Crippen LogP contribution in [0.1, 0.15) is 34.5 Å². The van der Waals surface area contributed by atoms with Gasteiger partial charge in [-0.25, -0.2) is 0 Å². The zero-order valence-corrected chi connectivity index (χ0v) is 16.3. The number of carbonyl (C=O) groups excluding carboxylic acids is 1. The molecule has 0 saturated carbocycles. The maximum Gasteiger partial charge on any atom is 0.264 e. The van der Waals surface area contributed by atoms with Crippen LogP contribution >= 0.6 is 11.3 Å². The van der Waals surface area contributed by atoms with Crippen molar-refractivity contribution in [3.05, 3.63) is 34.7 Å². The molecule has 2 saturated heterocycles. The standard InChI is InChI=1S/C21H28N2O2S/c1-15-18-6-2-3-7-19(18)26-20(15)21(25)23-12-16(10-17(13-23)14-24)11-22-8-4-5-9-22/h2-3,6-7,16-17,24H,4-5,8-14H2,1H3/t16-,17-/m1/s1. The Kier molecular flexibility index (Phi) is 5.30. The van der Waals surface area contributed by atoms with Gasteiger partial charge < -0.3 is 14.9 Å². The van der Waals surface area contributed by atoms with Crippen LogP contribution in [-0.4, -0.2) is 60.1 Å². The molecule has 2 aliphatic heterocycles. The number of nitrogens with zero attached hydrogens (tertiary/aromatic N) is 2. The molecule has 0 spiro atoms. The summed E-state index contributed by atoms with van der Waals surface area (Å²) >= 11 is 1.60. The molecule has 140 valence electrons. The highest BCUT2D eigenvalue weighted by atomic mass is 32.1. The lowest BCUT2D eigenvalue weighted by atomic mass is 9.89. The molecule has 1 aromatic carbocycles. The average molecular weight is 373 g/mol. The molecule has 2 fully saturated rings. The molecule has 4 nitrogen and oxygen atoms in total. The number of rotatable bonds is 4. The lowest BCUT2D eigenvalue weighted by molar-refractivity contribution is 0.0469. The van der Waals surface area contributed by atoms with Gasteiger partial charge >= 0.3 is 0 Å². The normalized spacial score (nSPS) is 24.5. The molecule has 0 unspecified atom stereocenters. The Hall–Kier alpha value is -1.43. The molecule has 2 aliphatic rings. The van der Waals surface area contributed by atoms with Crippen molar-refractivity contribution in [1.29, 1.82) is 0 Å². The van der Waals surface area contributed by atoms with Gasteiger partial charge in [-0.1, -0.05) is 18.2 Å². The van der Waals surface area contributed by atoms with Crippen LogP contribution in [0, 0.1) is 18.8 Å². The van der Waals surface area contributed by atoms with Gasteiger partial charge in [0.1, 0.15) is 0 Å². The lowest BCUT2D eigenvalue weighted by Crippen LogP contribution is -2.47. The second-order valence-electron chi connectivity index (χ2n) is 7.92. The summed E-state index contributed by atoms with van der Waals surface area (Å²) in [6.07, 6.45) is 3.61. The molecule has 26 heavy (non-hydrogen) atoms. The summed E-state index contributed by atoms with van der Waals surface area (Å²) in [5.41, 5.74) is 1.10. The van der Waals surface area contributed by atoms with E-state index in [1.807, 2.05) is 17.0 Å². The predicted octanol–water partition coefficient (Wildman–Crippen LogP) is 3.38. The van der Waals surface area contributed by atoms with Crippen molar-refractivity contribution in [2.75, 3.05) is 39.3 Å². The summed E-state index contributed by atoms with van der Waals surface area (Å²) < 4.78 is 1.18. The third-order valence-electron chi connectivity index (χ3n) is 5.92. The summed E-state index contributed by atoms with van der Waals surface area (Å²) in [5, 5.41) is 10.9. The van der Waals surface area contributed by atoms with Crippen LogP contribution in [0.4, 0.5) is 0 Å². The van der Waals surface area contributed by atoms with Gasteiger partial charge in [0.25, 0.3) is 5.91 Å². The number of thiophene rings is 1. The molecular weight excluding hydrogens is 344 g/mol. The van der Waals surface area contributed by atoms with E-state index in [1.165, 1.54) is 36.0 Å². The number of hydrogen-bond donors (Lipinski definition) is 1. The van der Waals surface area contributed by atoms with E-state index in [1.54, 1.807) is 11.3 Å². The Bertz CT molecular complexity index is 781. The first-order valence-electron chi connectivity index (χ1n) is 9.76. The fourth-order valence-corrected chi connectivity index (χ4v) is 5.78. The number of likely N-dealkylation sites (tertiary alicyclic amines) is 2. The largest absolute Gasteiger partial charge is 0.396 e. The van der Waals surface area contributed by atoms with Crippen molar-refractivity contribution in [3.63, 3.8) is 0 Å². The van der Waals surface area contributed by atoms with Crippen LogP contribution < -0.4 is 0 Å². The number of fused-ring (bicyclic) bond motifs is 1. The number of aliphatic hydroxyl groups excluding tert-OH is 1. The second kappa shape index (κ2) is 7.67. The number of piperidine rings is 1. The lowest BCUT2D eigenvalue weighted by Gasteiger charge is -2.38. The van der Waals surface area contributed by atoms with Crippen molar-refractivity contribution < 1.29 is 9.90 Å². The molecule has 5 heteroatoms. The van der Waals surface area contributed by atoms with Crippen molar-refractivity contribution in [3.8, 4) is 0 Å². The van der Waals surface area contributed by atoms with Crippen LogP contribution in [-0.2, 0) is 0 Å². The average Bonchev–Trinajstić information content (AvgIpc) is 3.29. The maximum absolute atomic E-state index is 13.3. The monoisotopic (exact) mass is 372 g/mol. The minimum absolute atomic E-state index is 0.147. The summed E-state index contributed by atoms with van der Waals surface area (Å²) in [7, 11) is 0. The second-order valence-corrected chi connectivity index (χ2v) is 8.97. The highest BCUT2D eigenvalue weighted by Gasteiger charge is 2.32. The van der Waals surface area contributed by atoms with Crippen molar-refractivity contribution in [1.82, 2.24) is 9.80 Å². The molecule has 4 rings (SSSR count). The Balaban J connectivity index is 1.53. The van der Waals surface area contributed by atoms with E-state index in [0.717, 1.165) is 30.0 Å². The first kappa shape index (κ1) is 18.0. The first-order valence-corrected chi connectivity index (χ1v) is 10.6. The molecule has 0 bridgehead atoms. The third-order valence-corrected chi connectivity index (χ3v) is 7.18. The molecule has 0 aliphatic carbocycles. The number of aryl methyl sites for hydroxylation is 1. The Morgan fingerprint density at radius 3 is 2.65 bits per heavy atom. The predicted molar refractivity (Wildman–Crippen MR) is 107 cm³/mol. The maximum atomic E-state index is 13.3. The Morgan fingerprint density at radius 2 is 1.92 bits per heavy atom. The van der Waals surface area contributed by atoms with Crippen molar-refractivity contribution in [2.24, 2.45) is 11.8 Å². The highest BCUT2D eigenvalue weighted by Crippen LogP contribution is 2.33. The molecule has 1 amide bonds. The summed E-state index contributed by atoms with van der Waals surface area (Å²) in [6, 6.07) is 8.25. The number of carbonyl (C=O) groups is 1. The van der Waals surface area contributed by atoms with E-state index in [0.29, 0.717) is 12.5 Å². The van der Waals surface area contributed by atoms with Gasteiger partial charge in [-0.15, -0.1) is 11.3 Å². The molecule has 2 atom stereocenters. The molecule has 1 N–H and O–H groups in total. The number of amides is 1. The Labute approximate surface area is 159 Å². The quantitative estimate of drug-likeness (QED) is 0.895. The summed E-state index contributed by atoms with van der Waals surface area (Å²) in [4.78, 5) is 18.7. The van der Waals surface area contributed by atoms with Crippen molar-refractivity contribution >= 4 is 27.3 Å². The smallest absolute Gasteiger partial charge is 0.264 e. The molecule has 2 aromatic rings. The third kappa shape index (κ3) is 3.53. The van der Waals surface area contributed by atoms with Crippen LogP contribution in [0.15, 0.2) is 24.3 Å². The highest BCUT2D eigenvalue weighted by molar-refractivity contribution is 7.21. The van der Waals surface area contributed by atoms with Crippen LogP contribution in [0.5, 0.6) is 0 Å². The number of benzene rings is 1. The SMILES string of the molecule is Cc1c(C(=O)N2C[C@H](CO)C[C@H](CN3CCCC3)C2)sc2ccccc12. The van der Waals surface area contributed by atoms with Gasteiger partial charge in [0.2, 0.25) is 0 Å². The van der Waals surface area contributed by atoms with Gasteiger partial charge in [0, 0.05) is 30.9 Å². The van der Waals surface area contributed by atoms with E-state index < -0.39 is 0 Å². The van der Waals surface area contributed by atoms with E-state index >= 15 is 0 Å². The molecular formula is C21H28N2O2S. The van der Waals surface area contributed by atoms with Crippen LogP contribution in [0.2, 0.25) is 0 Å². The van der Waals surface area contributed by atoms with Crippen LogP contribution in [0.3, 0.4) is 0 Å². The number of aliphatic hydroxyl groups is 1. The van der Waals surface area contributed by atoms with Gasteiger partial charge in [-0.2, -0.15) is 0 Å². The summed E-state index contributed by atoms with van der Waals surface area (Å²) in [6.45, 7) is 7.16. The minimum Gasteiger partial charge on any atom is -0.396 e. The topological polar surface area (TPSA) is 43.8 Å². The van der Waals surface area contributed by atoms with E-state index in [2.05, 4.69) is 24.0 Å². The summed E-state index contributed by atoms with van der Waals surface area (Å²) in [5.74, 6) is 0.820. The minimum atomic E-state index is 0.147. The van der Waals surface area contributed by atoms with E-state index in [-0.39, 0.29) is 18.4 Å². The van der Waals surface area contributed by atoms with Gasteiger partial charge in [-0.05, 0) is 68.1 Å². The van der Waals surface area contributed by atoms with Gasteiger partial charge in [0.15, 0.2) is 0 Å². The fourth-order valence-electron chi connectivity index (χ4n) is 4.60. The fraction of sp³-hybridized carbons (Fsp3) is 0.571.